The molecule has 0 spiro atoms. The van der Waals surface area contributed by atoms with Gasteiger partial charge in [-0.1, -0.05) is 34.6 Å². The highest BCUT2D eigenvalue weighted by Crippen LogP contribution is 2.50. The Bertz CT molecular complexity index is 877. The maximum atomic E-state index is 12.6. The minimum atomic E-state index is -2.23. The quantitative estimate of drug-likeness (QED) is 0.661. The van der Waals surface area contributed by atoms with Gasteiger partial charge in [0.1, 0.15) is 5.60 Å². The minimum Gasteiger partial charge on any atom is -0.491 e. The average Bonchev–Trinajstić information content (AvgIpc) is 2.56. The number of rotatable bonds is 4. The van der Waals surface area contributed by atoms with Crippen molar-refractivity contribution in [3.8, 4) is 5.75 Å². The molecule has 2 unspecified atom stereocenters. The summed E-state index contributed by atoms with van der Waals surface area (Å²) in [5.41, 5.74) is -0.557. The number of amides is 1. The Kier molecular flexibility index (Phi) is 6.80. The van der Waals surface area contributed by atoms with Crippen molar-refractivity contribution in [1.29, 1.82) is 0 Å². The van der Waals surface area contributed by atoms with Crippen LogP contribution >= 0.6 is 0 Å². The van der Waals surface area contributed by atoms with Crippen LogP contribution in [0.1, 0.15) is 67.2 Å². The monoisotopic (exact) mass is 452 g/mol. The summed E-state index contributed by atoms with van der Waals surface area (Å²) in [6.45, 7) is 21.0. The van der Waals surface area contributed by atoms with Gasteiger partial charge in [0.25, 0.3) is 0 Å². The fourth-order valence-electron chi connectivity index (χ4n) is 3.53. The Balaban J connectivity index is 2.58. The molecule has 1 aliphatic rings. The third kappa shape index (κ3) is 5.34. The van der Waals surface area contributed by atoms with E-state index >= 15 is 0 Å². The minimum absolute atomic E-state index is 0.0260. The number of hydrogen-bond donors (Lipinski definition) is 1. The highest BCUT2D eigenvalue weighted by molar-refractivity contribution is 6.74. The maximum Gasteiger partial charge on any atom is 0.407 e. The number of ether oxygens (including phenoxy) is 2. The first kappa shape index (κ1) is 25.5. The zero-order valence-corrected chi connectivity index (χ0v) is 22.0. The highest BCUT2D eigenvalue weighted by Gasteiger charge is 2.51. The molecule has 176 valence electrons. The second-order valence-corrected chi connectivity index (χ2v) is 16.3. The Hall–Kier alpha value is -1.80. The molecule has 7 nitrogen and oxygen atoms in total. The number of carbonyl (C=O) groups excluding carboxylic acids is 1. The Morgan fingerprint density at radius 3 is 2.26 bits per heavy atom. The van der Waals surface area contributed by atoms with Gasteiger partial charge in [-0.05, 0) is 38.9 Å². The lowest BCUT2D eigenvalue weighted by atomic mass is 9.74. The van der Waals surface area contributed by atoms with Crippen LogP contribution in [0.25, 0.3) is 0 Å². The number of nitrogens with zero attached hydrogens (tertiary/aromatic N) is 1. The summed E-state index contributed by atoms with van der Waals surface area (Å²) < 4.78 is 19.9. The Morgan fingerprint density at radius 2 is 1.77 bits per heavy atom. The van der Waals surface area contributed by atoms with Crippen LogP contribution in [0.2, 0.25) is 18.1 Å². The summed E-state index contributed by atoms with van der Waals surface area (Å²) in [5.74, 6) is 0.301. The van der Waals surface area contributed by atoms with Crippen LogP contribution in [0.4, 0.5) is 4.79 Å². The molecular formula is C23H40N2O5Si. The van der Waals surface area contributed by atoms with E-state index in [1.807, 2.05) is 25.3 Å². The lowest BCUT2D eigenvalue weighted by Crippen LogP contribution is -2.57. The van der Waals surface area contributed by atoms with Crippen LogP contribution in [-0.4, -0.2) is 37.7 Å². The van der Waals surface area contributed by atoms with Crippen LogP contribution in [0.15, 0.2) is 17.1 Å². The standard InChI is InChI=1S/C23H40N2O5Si/c1-21(2,3)29-20(27)24-16-14-25-13-12-15(26)18(28-9)17(25)19(23(16,7)8)30-31(10,11)22(4,5)6/h12-13,16,19H,14H2,1-11H3,(H,24,27). The number of nitrogens with one attached hydrogen (secondary N) is 1. The Morgan fingerprint density at radius 1 is 1.19 bits per heavy atom. The lowest BCUT2D eigenvalue weighted by molar-refractivity contribution is -0.00905. The van der Waals surface area contributed by atoms with Crippen molar-refractivity contribution >= 4 is 14.4 Å². The molecule has 0 aliphatic carbocycles. The van der Waals surface area contributed by atoms with Gasteiger partial charge in [0.15, 0.2) is 14.1 Å². The number of fused-ring (bicyclic) bond motifs is 1. The zero-order chi connectivity index (χ0) is 24.0. The van der Waals surface area contributed by atoms with Gasteiger partial charge < -0.3 is 23.8 Å². The van der Waals surface area contributed by atoms with Gasteiger partial charge in [0.05, 0.1) is 24.9 Å². The van der Waals surface area contributed by atoms with Crippen LogP contribution in [0, 0.1) is 5.41 Å². The Labute approximate surface area is 187 Å². The molecule has 1 aromatic heterocycles. The molecule has 2 rings (SSSR count). The number of aromatic nitrogens is 1. The van der Waals surface area contributed by atoms with Gasteiger partial charge in [0.2, 0.25) is 5.43 Å². The lowest BCUT2D eigenvalue weighted by Gasteiger charge is -2.50. The summed E-state index contributed by atoms with van der Waals surface area (Å²) in [4.78, 5) is 25.2. The molecule has 31 heavy (non-hydrogen) atoms. The van der Waals surface area contributed by atoms with E-state index in [2.05, 4.69) is 53.0 Å². The number of pyridine rings is 1. The SMILES string of the molecule is COc1c2n(ccc1=O)CC(NC(=O)OC(C)(C)C)C(C)(C)C2O[Si](C)(C)C(C)(C)C. The summed E-state index contributed by atoms with van der Waals surface area (Å²) in [6.07, 6.45) is 0.848. The van der Waals surface area contributed by atoms with E-state index in [1.165, 1.54) is 13.2 Å². The van der Waals surface area contributed by atoms with Crippen LogP contribution in [-0.2, 0) is 15.7 Å². The van der Waals surface area contributed by atoms with E-state index < -0.39 is 31.5 Å². The van der Waals surface area contributed by atoms with E-state index in [0.717, 1.165) is 5.69 Å². The molecule has 2 atom stereocenters. The van der Waals surface area contributed by atoms with Crippen molar-refractivity contribution in [3.63, 3.8) is 0 Å². The van der Waals surface area contributed by atoms with E-state index in [0.29, 0.717) is 12.3 Å². The maximum absolute atomic E-state index is 12.6. The smallest absolute Gasteiger partial charge is 0.407 e. The molecular weight excluding hydrogens is 412 g/mol. The first-order chi connectivity index (χ1) is 13.9. The molecule has 1 amide bonds. The molecule has 1 aliphatic heterocycles. The molecule has 1 aromatic rings. The van der Waals surface area contributed by atoms with Gasteiger partial charge in [-0.15, -0.1) is 0 Å². The fourth-order valence-corrected chi connectivity index (χ4v) is 4.89. The topological polar surface area (TPSA) is 78.8 Å². The second-order valence-electron chi connectivity index (χ2n) is 11.5. The highest BCUT2D eigenvalue weighted by atomic mass is 28.4. The van der Waals surface area contributed by atoms with Gasteiger partial charge in [0, 0.05) is 24.2 Å². The van der Waals surface area contributed by atoms with Crippen molar-refractivity contribution in [3.05, 3.63) is 28.2 Å². The van der Waals surface area contributed by atoms with Gasteiger partial charge >= 0.3 is 6.09 Å². The summed E-state index contributed by atoms with van der Waals surface area (Å²) in [5, 5.41) is 3.02. The summed E-state index contributed by atoms with van der Waals surface area (Å²) in [6, 6.07) is 1.23. The molecule has 0 aromatic carbocycles. The molecule has 0 radical (unpaired) electrons. The molecule has 0 saturated heterocycles. The molecule has 1 N–H and O–H groups in total. The molecule has 8 heteroatoms. The average molecular weight is 453 g/mol. The molecule has 0 fully saturated rings. The molecule has 0 bridgehead atoms. The summed E-state index contributed by atoms with van der Waals surface area (Å²) >= 11 is 0. The largest absolute Gasteiger partial charge is 0.491 e. The number of alkyl carbamates (subject to hydrolysis) is 1. The van der Waals surface area contributed by atoms with Crippen molar-refractivity contribution in [2.75, 3.05) is 7.11 Å². The first-order valence-corrected chi connectivity index (χ1v) is 13.8. The van der Waals surface area contributed by atoms with E-state index in [4.69, 9.17) is 13.9 Å². The van der Waals surface area contributed by atoms with Crippen molar-refractivity contribution < 1.29 is 18.7 Å². The van der Waals surface area contributed by atoms with Crippen molar-refractivity contribution in [2.24, 2.45) is 5.41 Å². The zero-order valence-electron chi connectivity index (χ0n) is 21.0. The van der Waals surface area contributed by atoms with Crippen molar-refractivity contribution in [2.45, 2.75) is 97.8 Å². The first-order valence-electron chi connectivity index (χ1n) is 10.9. The summed E-state index contributed by atoms with van der Waals surface area (Å²) in [7, 11) is -0.712. The molecule has 0 saturated carbocycles. The van der Waals surface area contributed by atoms with E-state index in [1.54, 1.807) is 6.20 Å². The fraction of sp³-hybridized carbons (Fsp3) is 0.739. The predicted molar refractivity (Wildman–Crippen MR) is 125 cm³/mol. The van der Waals surface area contributed by atoms with Crippen LogP contribution < -0.4 is 15.5 Å². The van der Waals surface area contributed by atoms with Crippen molar-refractivity contribution in [1.82, 2.24) is 9.88 Å². The number of hydrogen-bond acceptors (Lipinski definition) is 5. The van der Waals surface area contributed by atoms with E-state index in [-0.39, 0.29) is 16.5 Å². The predicted octanol–water partition coefficient (Wildman–Crippen LogP) is 4.85. The van der Waals surface area contributed by atoms with Crippen LogP contribution in [0.3, 0.4) is 0 Å². The number of methoxy groups -OCH3 is 1. The van der Waals surface area contributed by atoms with E-state index in [9.17, 15) is 9.59 Å². The third-order valence-corrected chi connectivity index (χ3v) is 10.9. The van der Waals surface area contributed by atoms with Gasteiger partial charge in [-0.25, -0.2) is 4.79 Å². The normalized spacial score (nSPS) is 21.3. The van der Waals surface area contributed by atoms with Crippen LogP contribution in [0.5, 0.6) is 5.75 Å². The molecule has 2 heterocycles. The third-order valence-electron chi connectivity index (χ3n) is 6.49. The van der Waals surface area contributed by atoms with Gasteiger partial charge in [-0.3, -0.25) is 4.79 Å². The second kappa shape index (κ2) is 8.28. The van der Waals surface area contributed by atoms with Gasteiger partial charge in [-0.2, -0.15) is 0 Å². The number of carbonyl (C=O) groups is 1.